The normalized spacial score (nSPS) is 23.9. The van der Waals surface area contributed by atoms with Crippen LogP contribution < -0.4 is 20.5 Å². The first-order chi connectivity index (χ1) is 26.1. The molecule has 55 heavy (non-hydrogen) atoms. The minimum atomic E-state index is -0.999. The summed E-state index contributed by atoms with van der Waals surface area (Å²) in [4.78, 5) is 31.8. The van der Waals surface area contributed by atoms with Gasteiger partial charge in [0.05, 0.1) is 32.1 Å². The van der Waals surface area contributed by atoms with E-state index in [1.165, 1.54) is 26.4 Å². The summed E-state index contributed by atoms with van der Waals surface area (Å²) < 4.78 is 27.6. The number of primary amides is 1. The van der Waals surface area contributed by atoms with Crippen LogP contribution in [0.3, 0.4) is 0 Å². The van der Waals surface area contributed by atoms with Gasteiger partial charge in [-0.05, 0) is 69.3 Å². The van der Waals surface area contributed by atoms with Crippen molar-refractivity contribution < 1.29 is 48.6 Å². The number of nitrogens with zero attached hydrogens (tertiary/aromatic N) is 2. The van der Waals surface area contributed by atoms with E-state index < -0.39 is 42.3 Å². The molecule has 2 bridgehead atoms. The largest absolute Gasteiger partial charge is 0.506 e. The molecular weight excluding hydrogens is 708 g/mol. The maximum atomic E-state index is 13.3. The Hall–Kier alpha value is -4.89. The number of hydrogen-bond donors (Lipinski definition) is 5. The summed E-state index contributed by atoms with van der Waals surface area (Å²) in [6, 6.07) is 7.07. The minimum absolute atomic E-state index is 0.00629. The molecule has 14 heteroatoms. The first-order valence-electron chi connectivity index (χ1n) is 18.2. The number of phenols is 2. The Kier molecular flexibility index (Phi) is 17.2. The summed E-state index contributed by atoms with van der Waals surface area (Å²) in [5, 5.41) is 37.0. The van der Waals surface area contributed by atoms with Crippen molar-refractivity contribution in [1.82, 2.24) is 4.90 Å². The number of methoxy groups -OCH3 is 4. The lowest BCUT2D eigenvalue weighted by Gasteiger charge is -2.29. The standard InChI is InChI=1S/C41H58N4O10/c1-24-19-29-36(43-16-18-45(5)17-15-28-13-14-32(51-6)34(22-28)53-8)31(46)23-30(38(29)48)44-40(49)25(2)11-10-12-33(52-7)39(55-41(42)50)27(4)21-26(3)37(47)35(20-24)54-9/h10-14,16,21-24,26,33,35,37,39,46-48H,15,17-20H2,1-9H3,(H2,42,50)(H,44,49)/b12-10?,25-11+,27-21?,43-16?. The number of hydrogen-bond acceptors (Lipinski definition) is 12. The highest BCUT2D eigenvalue weighted by Gasteiger charge is 2.30. The van der Waals surface area contributed by atoms with Crippen molar-refractivity contribution in [3.05, 3.63) is 70.8 Å². The van der Waals surface area contributed by atoms with E-state index in [2.05, 4.69) is 15.2 Å². The molecule has 1 aliphatic rings. The van der Waals surface area contributed by atoms with Crippen LogP contribution >= 0.6 is 0 Å². The zero-order valence-corrected chi connectivity index (χ0v) is 33.4. The fraction of sp³-hybridized carbons (Fsp3) is 0.488. The number of aromatic hydroxyl groups is 2. The van der Waals surface area contributed by atoms with Crippen LogP contribution in [0, 0.1) is 11.8 Å². The molecule has 0 spiro atoms. The first kappa shape index (κ1) is 44.5. The molecule has 0 saturated carbocycles. The minimum Gasteiger partial charge on any atom is -0.506 e. The fourth-order valence-electron chi connectivity index (χ4n) is 6.46. The van der Waals surface area contributed by atoms with Gasteiger partial charge in [-0.15, -0.1) is 0 Å². The zero-order chi connectivity index (χ0) is 40.8. The van der Waals surface area contributed by atoms with Crippen molar-refractivity contribution in [2.45, 2.75) is 71.4 Å². The van der Waals surface area contributed by atoms with Gasteiger partial charge in [-0.1, -0.05) is 44.2 Å². The van der Waals surface area contributed by atoms with E-state index in [9.17, 15) is 24.9 Å². The summed E-state index contributed by atoms with van der Waals surface area (Å²) >= 11 is 0. The van der Waals surface area contributed by atoms with Crippen molar-refractivity contribution in [1.29, 1.82) is 0 Å². The topological polar surface area (TPSA) is 195 Å². The summed E-state index contributed by atoms with van der Waals surface area (Å²) in [5.41, 5.74) is 7.84. The number of likely N-dealkylation sites (N-methyl/N-ethyl adjacent to an activating group) is 1. The molecule has 14 nitrogen and oxygen atoms in total. The molecule has 1 aliphatic heterocycles. The van der Waals surface area contributed by atoms with Crippen LogP contribution in [-0.2, 0) is 31.8 Å². The predicted octanol–water partition coefficient (Wildman–Crippen LogP) is 5.45. The second kappa shape index (κ2) is 21.3. The van der Waals surface area contributed by atoms with Gasteiger partial charge in [0, 0.05) is 56.6 Å². The summed E-state index contributed by atoms with van der Waals surface area (Å²) in [6.45, 7) is 8.23. The Balaban J connectivity index is 1.98. The molecule has 0 aliphatic carbocycles. The third-order valence-corrected chi connectivity index (χ3v) is 9.65. The van der Waals surface area contributed by atoms with Gasteiger partial charge in [0.25, 0.3) is 5.91 Å². The van der Waals surface area contributed by atoms with Crippen LogP contribution in [0.4, 0.5) is 16.2 Å². The molecule has 302 valence electrons. The molecule has 2 aromatic carbocycles. The molecule has 0 radical (unpaired) electrons. The molecule has 6 N–H and O–H groups in total. The third-order valence-electron chi connectivity index (χ3n) is 9.65. The van der Waals surface area contributed by atoms with Crippen LogP contribution in [0.15, 0.2) is 64.7 Å². The summed E-state index contributed by atoms with van der Waals surface area (Å²) in [6.07, 6.45) is 5.18. The highest BCUT2D eigenvalue weighted by Crippen LogP contribution is 2.44. The molecule has 0 fully saturated rings. The van der Waals surface area contributed by atoms with Crippen LogP contribution in [0.2, 0.25) is 0 Å². The lowest BCUT2D eigenvalue weighted by molar-refractivity contribution is -0.112. The van der Waals surface area contributed by atoms with Crippen molar-refractivity contribution >= 4 is 29.6 Å². The molecular formula is C41H58N4O10. The number of aliphatic imine (C=N–C) groups is 1. The summed E-state index contributed by atoms with van der Waals surface area (Å²) in [5.74, 6) is -0.334. The molecule has 2 aromatic rings. The molecule has 2 amide bonds. The van der Waals surface area contributed by atoms with Crippen molar-refractivity contribution in [3.63, 3.8) is 0 Å². The SMILES string of the molecule is COc1ccc(CCN(C)CC=Nc2c(O)cc3c(O)c2CC(C)CC(OC)C(O)C(C)C=C(C)C(OC(N)=O)C(OC)C=C/C=C(\C)C(=O)N3)cc1OC. The van der Waals surface area contributed by atoms with Crippen molar-refractivity contribution in [3.8, 4) is 23.0 Å². The van der Waals surface area contributed by atoms with Crippen LogP contribution in [0.5, 0.6) is 23.0 Å². The lowest BCUT2D eigenvalue weighted by Crippen LogP contribution is -2.37. The number of allylic oxidation sites excluding steroid dienone is 2. The molecule has 0 aromatic heterocycles. The highest BCUT2D eigenvalue weighted by atomic mass is 16.6. The molecule has 6 atom stereocenters. The van der Waals surface area contributed by atoms with Crippen LogP contribution in [0.25, 0.3) is 0 Å². The van der Waals surface area contributed by atoms with E-state index in [1.54, 1.807) is 52.5 Å². The van der Waals surface area contributed by atoms with Gasteiger partial charge < -0.3 is 55.0 Å². The number of nitrogens with two attached hydrogens (primary N) is 1. The first-order valence-corrected chi connectivity index (χ1v) is 18.2. The Labute approximate surface area is 324 Å². The Morgan fingerprint density at radius 1 is 1.07 bits per heavy atom. The monoisotopic (exact) mass is 766 g/mol. The van der Waals surface area contributed by atoms with Gasteiger partial charge in [-0.25, -0.2) is 4.79 Å². The number of aliphatic hydroxyl groups excluding tert-OH is 1. The van der Waals surface area contributed by atoms with Crippen molar-refractivity contribution in [2.75, 3.05) is 53.9 Å². The molecule has 1 heterocycles. The predicted molar refractivity (Wildman–Crippen MR) is 213 cm³/mol. The van der Waals surface area contributed by atoms with E-state index in [-0.39, 0.29) is 40.8 Å². The summed E-state index contributed by atoms with van der Waals surface area (Å²) in [7, 11) is 8.10. The number of ether oxygens (including phenoxy) is 5. The van der Waals surface area contributed by atoms with Gasteiger partial charge >= 0.3 is 6.09 Å². The smallest absolute Gasteiger partial charge is 0.405 e. The van der Waals surface area contributed by atoms with Gasteiger partial charge in [0.1, 0.15) is 23.3 Å². The number of amides is 2. The van der Waals surface area contributed by atoms with E-state index in [4.69, 9.17) is 29.4 Å². The fourth-order valence-corrected chi connectivity index (χ4v) is 6.46. The van der Waals surface area contributed by atoms with E-state index in [1.807, 2.05) is 39.1 Å². The van der Waals surface area contributed by atoms with Crippen LogP contribution in [-0.4, -0.2) is 111 Å². The Morgan fingerprint density at radius 3 is 2.42 bits per heavy atom. The third kappa shape index (κ3) is 12.6. The average molecular weight is 767 g/mol. The lowest BCUT2D eigenvalue weighted by atomic mass is 9.87. The van der Waals surface area contributed by atoms with Crippen molar-refractivity contribution in [2.24, 2.45) is 22.6 Å². The number of fused-ring (bicyclic) bond motifs is 2. The Bertz CT molecular complexity index is 1740. The zero-order valence-electron chi connectivity index (χ0n) is 33.4. The highest BCUT2D eigenvalue weighted by molar-refractivity contribution is 6.04. The maximum Gasteiger partial charge on any atom is 0.405 e. The Morgan fingerprint density at radius 2 is 1.78 bits per heavy atom. The number of rotatable bonds is 11. The van der Waals surface area contributed by atoms with Gasteiger partial charge in [-0.2, -0.15) is 0 Å². The number of benzene rings is 2. The number of aliphatic hydroxyl groups is 1. The average Bonchev–Trinajstić information content (AvgIpc) is 3.15. The number of carbonyl (C=O) groups excluding carboxylic acids is 2. The maximum absolute atomic E-state index is 13.3. The van der Waals surface area contributed by atoms with E-state index in [0.717, 1.165) is 12.0 Å². The van der Waals surface area contributed by atoms with Gasteiger partial charge in [0.2, 0.25) is 0 Å². The molecule has 0 saturated heterocycles. The van der Waals surface area contributed by atoms with Gasteiger partial charge in [0.15, 0.2) is 17.6 Å². The number of carbonyl (C=O) groups is 2. The second-order valence-corrected chi connectivity index (χ2v) is 14.0. The van der Waals surface area contributed by atoms with Crippen LogP contribution in [0.1, 0.15) is 45.2 Å². The quantitative estimate of drug-likeness (QED) is 0.0845. The van der Waals surface area contributed by atoms with E-state index >= 15 is 0 Å². The number of phenolic OH excluding ortho intramolecular Hbond substituents is 2. The number of anilines is 1. The molecule has 3 rings (SSSR count). The number of nitrogens with one attached hydrogen (secondary N) is 1. The second-order valence-electron chi connectivity index (χ2n) is 14.0. The molecule has 6 unspecified atom stereocenters. The van der Waals surface area contributed by atoms with E-state index in [0.29, 0.717) is 42.1 Å². The van der Waals surface area contributed by atoms with Gasteiger partial charge in [-0.3, -0.25) is 9.79 Å².